The Morgan fingerprint density at radius 2 is 1.55 bits per heavy atom. The number of amidine groups is 1. The van der Waals surface area contributed by atoms with Gasteiger partial charge in [0.25, 0.3) is 0 Å². The van der Waals surface area contributed by atoms with E-state index in [9.17, 15) is 0 Å². The fourth-order valence-corrected chi connectivity index (χ4v) is 4.21. The first-order chi connectivity index (χ1) is 14.4. The van der Waals surface area contributed by atoms with Gasteiger partial charge in [-0.25, -0.2) is 0 Å². The molecule has 3 heteroatoms. The lowest BCUT2D eigenvalue weighted by molar-refractivity contribution is 0.828. The minimum absolute atomic E-state index is 0.838. The minimum Gasteiger partial charge on any atom is -0.343 e. The van der Waals surface area contributed by atoms with E-state index in [1.54, 1.807) is 0 Å². The topological polar surface area (TPSA) is 20.5 Å². The molecule has 3 aromatic carbocycles. The normalized spacial score (nSPS) is 13.6. The highest BCUT2D eigenvalue weighted by Gasteiger charge is 2.19. The van der Waals surface area contributed by atoms with E-state index in [2.05, 4.69) is 101 Å². The molecule has 144 valence electrons. The third-order valence-electron chi connectivity index (χ3n) is 5.63. The van der Waals surface area contributed by atoms with E-state index < -0.39 is 0 Å². The zero-order valence-electron chi connectivity index (χ0n) is 16.5. The van der Waals surface area contributed by atoms with Gasteiger partial charge >= 0.3 is 0 Å². The average molecular weight is 380 g/mol. The molecule has 0 spiro atoms. The quantitative estimate of drug-likeness (QED) is 0.423. The maximum Gasteiger partial charge on any atom is 0.104 e. The van der Waals surface area contributed by atoms with E-state index in [1.807, 2.05) is 0 Å². The molecule has 1 aliphatic rings. The van der Waals surface area contributed by atoms with Crippen LogP contribution in [0.1, 0.15) is 24.0 Å². The van der Waals surface area contributed by atoms with E-state index in [0.717, 1.165) is 32.5 Å². The van der Waals surface area contributed by atoms with Gasteiger partial charge in [0.05, 0.1) is 6.54 Å². The number of hydrogen-bond acceptors (Lipinski definition) is 2. The molecule has 0 bridgehead atoms. The number of aromatic nitrogens is 1. The number of benzene rings is 3. The molecule has 0 aliphatic carbocycles. The Hall–Kier alpha value is -3.33. The second kappa shape index (κ2) is 7.96. The van der Waals surface area contributed by atoms with Crippen molar-refractivity contribution in [1.29, 1.82) is 0 Å². The number of anilines is 1. The third kappa shape index (κ3) is 3.68. The molecule has 3 nitrogen and oxygen atoms in total. The Morgan fingerprint density at radius 1 is 0.828 bits per heavy atom. The SMILES string of the molecule is c1ccc(Cn2cc(CN(C3=NCCC3)c3ccccc3)c3ccccc32)cc1. The summed E-state index contributed by atoms with van der Waals surface area (Å²) in [5.74, 6) is 1.20. The first-order valence-corrected chi connectivity index (χ1v) is 10.3. The van der Waals surface area contributed by atoms with Crippen LogP contribution in [0, 0.1) is 0 Å². The number of rotatable bonds is 5. The Kier molecular flexibility index (Phi) is 4.87. The van der Waals surface area contributed by atoms with Gasteiger partial charge in [0.15, 0.2) is 0 Å². The van der Waals surface area contributed by atoms with E-state index in [1.165, 1.54) is 33.6 Å². The standard InChI is InChI=1S/C26H25N3/c1-3-10-21(11-4-1)18-28-19-22(24-14-7-8-15-25(24)28)20-29(26-16-9-17-27-26)23-12-5-2-6-13-23/h1-8,10-15,19H,9,16-18,20H2. The van der Waals surface area contributed by atoms with Gasteiger partial charge in [0.1, 0.15) is 5.84 Å². The minimum atomic E-state index is 0.838. The summed E-state index contributed by atoms with van der Waals surface area (Å²) in [6.45, 7) is 2.66. The maximum absolute atomic E-state index is 4.80. The molecule has 2 heterocycles. The summed E-state index contributed by atoms with van der Waals surface area (Å²) in [4.78, 5) is 7.19. The lowest BCUT2D eigenvalue weighted by Gasteiger charge is -2.24. The molecule has 1 aromatic heterocycles. The van der Waals surface area contributed by atoms with Crippen LogP contribution in [0.5, 0.6) is 0 Å². The molecule has 0 saturated heterocycles. The Labute approximate surface area is 171 Å². The van der Waals surface area contributed by atoms with Crippen molar-refractivity contribution >= 4 is 22.4 Å². The van der Waals surface area contributed by atoms with Gasteiger partial charge in [-0.1, -0.05) is 66.7 Å². The lowest BCUT2D eigenvalue weighted by atomic mass is 10.1. The van der Waals surface area contributed by atoms with Gasteiger partial charge in [-0.05, 0) is 35.7 Å². The van der Waals surface area contributed by atoms with E-state index in [0.29, 0.717) is 0 Å². The number of aliphatic imine (C=N–C) groups is 1. The van der Waals surface area contributed by atoms with Gasteiger partial charge in [0.2, 0.25) is 0 Å². The van der Waals surface area contributed by atoms with Crippen molar-refractivity contribution in [3.63, 3.8) is 0 Å². The van der Waals surface area contributed by atoms with Crippen LogP contribution in [0.4, 0.5) is 5.69 Å². The molecule has 0 amide bonds. The van der Waals surface area contributed by atoms with Crippen LogP contribution in [0.15, 0.2) is 96.1 Å². The molecule has 0 fully saturated rings. The molecule has 0 N–H and O–H groups in total. The summed E-state index contributed by atoms with van der Waals surface area (Å²) in [5, 5.41) is 1.32. The molecule has 0 unspecified atom stereocenters. The van der Waals surface area contributed by atoms with Crippen LogP contribution >= 0.6 is 0 Å². The van der Waals surface area contributed by atoms with Crippen molar-refractivity contribution in [2.45, 2.75) is 25.9 Å². The zero-order chi connectivity index (χ0) is 19.5. The largest absolute Gasteiger partial charge is 0.343 e. The van der Waals surface area contributed by atoms with Crippen molar-refractivity contribution in [3.05, 3.63) is 102 Å². The van der Waals surface area contributed by atoms with Crippen LogP contribution in [0.2, 0.25) is 0 Å². The molecular formula is C26H25N3. The summed E-state index contributed by atoms with van der Waals surface area (Å²) in [6, 6.07) is 30.1. The smallest absolute Gasteiger partial charge is 0.104 e. The van der Waals surface area contributed by atoms with Crippen molar-refractivity contribution < 1.29 is 0 Å². The van der Waals surface area contributed by atoms with E-state index in [-0.39, 0.29) is 0 Å². The highest BCUT2D eigenvalue weighted by molar-refractivity contribution is 5.99. The second-order valence-electron chi connectivity index (χ2n) is 7.61. The van der Waals surface area contributed by atoms with Gasteiger partial charge in [-0.15, -0.1) is 0 Å². The average Bonchev–Trinajstić information content (AvgIpc) is 3.42. The Bertz CT molecular complexity index is 1130. The monoisotopic (exact) mass is 379 g/mol. The van der Waals surface area contributed by atoms with Gasteiger partial charge < -0.3 is 9.47 Å². The van der Waals surface area contributed by atoms with Gasteiger partial charge in [-0.2, -0.15) is 0 Å². The van der Waals surface area contributed by atoms with Crippen LogP contribution in [0.25, 0.3) is 10.9 Å². The zero-order valence-corrected chi connectivity index (χ0v) is 16.5. The number of para-hydroxylation sites is 2. The highest BCUT2D eigenvalue weighted by atomic mass is 15.2. The Balaban J connectivity index is 1.53. The molecule has 0 radical (unpaired) electrons. The number of fused-ring (bicyclic) bond motifs is 1. The molecule has 5 rings (SSSR count). The third-order valence-corrected chi connectivity index (χ3v) is 5.63. The van der Waals surface area contributed by atoms with Crippen molar-refractivity contribution in [3.8, 4) is 0 Å². The van der Waals surface area contributed by atoms with E-state index >= 15 is 0 Å². The highest BCUT2D eigenvalue weighted by Crippen LogP contribution is 2.27. The first kappa shape index (κ1) is 17.7. The fourth-order valence-electron chi connectivity index (χ4n) is 4.21. The summed E-state index contributed by atoms with van der Waals surface area (Å²) >= 11 is 0. The van der Waals surface area contributed by atoms with Crippen LogP contribution in [0.3, 0.4) is 0 Å². The van der Waals surface area contributed by atoms with Crippen LogP contribution < -0.4 is 4.90 Å². The van der Waals surface area contributed by atoms with Gasteiger partial charge in [0, 0.05) is 42.3 Å². The predicted molar refractivity (Wildman–Crippen MR) is 122 cm³/mol. The predicted octanol–water partition coefficient (Wildman–Crippen LogP) is 5.89. The summed E-state index contributed by atoms with van der Waals surface area (Å²) in [6.07, 6.45) is 4.52. The lowest BCUT2D eigenvalue weighted by Crippen LogP contribution is -2.28. The number of hydrogen-bond donors (Lipinski definition) is 0. The Morgan fingerprint density at radius 3 is 2.31 bits per heavy atom. The van der Waals surface area contributed by atoms with Crippen LogP contribution in [-0.2, 0) is 13.1 Å². The van der Waals surface area contributed by atoms with Gasteiger partial charge in [-0.3, -0.25) is 4.99 Å². The molecule has 1 aliphatic heterocycles. The van der Waals surface area contributed by atoms with Crippen LogP contribution in [-0.4, -0.2) is 16.9 Å². The molecular weight excluding hydrogens is 354 g/mol. The maximum atomic E-state index is 4.80. The van der Waals surface area contributed by atoms with Crippen molar-refractivity contribution in [2.24, 2.45) is 4.99 Å². The fraction of sp³-hybridized carbons (Fsp3) is 0.192. The molecule has 0 saturated carbocycles. The van der Waals surface area contributed by atoms with Crippen molar-refractivity contribution in [1.82, 2.24) is 4.57 Å². The first-order valence-electron chi connectivity index (χ1n) is 10.3. The number of nitrogens with zero attached hydrogens (tertiary/aromatic N) is 3. The van der Waals surface area contributed by atoms with E-state index in [4.69, 9.17) is 4.99 Å². The summed E-state index contributed by atoms with van der Waals surface area (Å²) in [5.41, 5.74) is 5.16. The van der Waals surface area contributed by atoms with Crippen molar-refractivity contribution in [2.75, 3.05) is 11.4 Å². The second-order valence-corrected chi connectivity index (χ2v) is 7.61. The summed E-state index contributed by atoms with van der Waals surface area (Å²) in [7, 11) is 0. The molecule has 0 atom stereocenters. The molecule has 4 aromatic rings. The summed E-state index contributed by atoms with van der Waals surface area (Å²) < 4.78 is 2.37. The molecule has 29 heavy (non-hydrogen) atoms.